The topological polar surface area (TPSA) is 34.7 Å². The van der Waals surface area contributed by atoms with Gasteiger partial charge in [0.2, 0.25) is 0 Å². The van der Waals surface area contributed by atoms with E-state index in [1.807, 2.05) is 0 Å². The van der Waals surface area contributed by atoms with Gasteiger partial charge in [-0.1, -0.05) is 5.16 Å². The number of furan rings is 1. The highest BCUT2D eigenvalue weighted by Gasteiger charge is 2.00. The van der Waals surface area contributed by atoms with Crippen molar-refractivity contribution >= 4 is 20.6 Å². The second-order valence-corrected chi connectivity index (χ2v) is 2.29. The first-order chi connectivity index (χ1) is 4.84. The van der Waals surface area contributed by atoms with Crippen LogP contribution in [-0.2, 0) is 4.84 Å². The smallest absolute Gasteiger partial charge is 0.187 e. The van der Waals surface area contributed by atoms with E-state index >= 15 is 0 Å². The van der Waals surface area contributed by atoms with Gasteiger partial charge >= 0.3 is 0 Å². The molecule has 4 heteroatoms. The third-order valence-electron chi connectivity index (χ3n) is 0.896. The molecule has 0 N–H and O–H groups in total. The van der Waals surface area contributed by atoms with Crippen LogP contribution in [-0.4, -0.2) is 11.7 Å². The molecule has 0 bridgehead atoms. The van der Waals surface area contributed by atoms with E-state index in [0.717, 1.165) is 0 Å². The first-order valence-electron chi connectivity index (χ1n) is 2.65. The number of hydrogen-bond donors (Lipinski definition) is 0. The van der Waals surface area contributed by atoms with Crippen molar-refractivity contribution in [2.75, 3.05) is 7.11 Å². The standard InChI is InChI=1S/C6H6BrNO2/c1-9-8-6(7)5-3-2-4-10-5/h2-4H,1H3/b8-6+. The van der Waals surface area contributed by atoms with Crippen LogP contribution in [0.25, 0.3) is 0 Å². The van der Waals surface area contributed by atoms with Crippen molar-refractivity contribution in [2.45, 2.75) is 0 Å². The van der Waals surface area contributed by atoms with Crippen molar-refractivity contribution in [3.05, 3.63) is 24.2 Å². The van der Waals surface area contributed by atoms with Gasteiger partial charge in [0, 0.05) is 0 Å². The lowest BCUT2D eigenvalue weighted by Gasteiger charge is -1.89. The third-order valence-corrected chi connectivity index (χ3v) is 1.43. The van der Waals surface area contributed by atoms with Gasteiger partial charge in [0.25, 0.3) is 0 Å². The molecule has 1 aromatic heterocycles. The highest BCUT2D eigenvalue weighted by atomic mass is 79.9. The molecule has 3 nitrogen and oxygen atoms in total. The molecule has 0 aliphatic carbocycles. The van der Waals surface area contributed by atoms with E-state index in [4.69, 9.17) is 4.42 Å². The van der Waals surface area contributed by atoms with Crippen molar-refractivity contribution in [1.29, 1.82) is 0 Å². The molecule has 0 fully saturated rings. The normalized spacial score (nSPS) is 11.6. The zero-order chi connectivity index (χ0) is 7.40. The van der Waals surface area contributed by atoms with Crippen LogP contribution in [0.2, 0.25) is 0 Å². The molecule has 0 atom stereocenters. The fraction of sp³-hybridized carbons (Fsp3) is 0.167. The van der Waals surface area contributed by atoms with Gasteiger partial charge in [-0.2, -0.15) is 0 Å². The van der Waals surface area contributed by atoms with Crippen molar-refractivity contribution in [2.24, 2.45) is 5.16 Å². The van der Waals surface area contributed by atoms with Crippen LogP contribution in [0.1, 0.15) is 5.76 Å². The average molecular weight is 204 g/mol. The largest absolute Gasteiger partial charge is 0.462 e. The Morgan fingerprint density at radius 2 is 2.60 bits per heavy atom. The molecule has 0 saturated heterocycles. The van der Waals surface area contributed by atoms with Gasteiger partial charge in [0.15, 0.2) is 10.4 Å². The van der Waals surface area contributed by atoms with E-state index in [1.54, 1.807) is 18.4 Å². The van der Waals surface area contributed by atoms with Gasteiger partial charge in [-0.3, -0.25) is 0 Å². The number of oxime groups is 1. The van der Waals surface area contributed by atoms with Gasteiger partial charge in [0.05, 0.1) is 6.26 Å². The predicted octanol–water partition coefficient (Wildman–Crippen LogP) is 1.98. The van der Waals surface area contributed by atoms with Crippen LogP contribution in [0.4, 0.5) is 0 Å². The molecule has 0 amide bonds. The second kappa shape index (κ2) is 3.41. The summed E-state index contributed by atoms with van der Waals surface area (Å²) in [6.45, 7) is 0. The quantitative estimate of drug-likeness (QED) is 0.545. The van der Waals surface area contributed by atoms with Crippen LogP contribution in [0.3, 0.4) is 0 Å². The summed E-state index contributed by atoms with van der Waals surface area (Å²) in [5.74, 6) is 0.654. The van der Waals surface area contributed by atoms with Gasteiger partial charge < -0.3 is 9.25 Å². The Bertz CT molecular complexity index is 218. The van der Waals surface area contributed by atoms with Crippen molar-refractivity contribution in [3.63, 3.8) is 0 Å². The SMILES string of the molecule is CO/N=C(/Br)c1ccco1. The van der Waals surface area contributed by atoms with Crippen LogP contribution in [0.15, 0.2) is 28.0 Å². The van der Waals surface area contributed by atoms with Gasteiger partial charge in [-0.15, -0.1) is 0 Å². The predicted molar refractivity (Wildman–Crippen MR) is 41.2 cm³/mol. The van der Waals surface area contributed by atoms with Crippen LogP contribution >= 0.6 is 15.9 Å². The van der Waals surface area contributed by atoms with Crippen LogP contribution in [0, 0.1) is 0 Å². The molecule has 0 aliphatic rings. The molecule has 0 spiro atoms. The lowest BCUT2D eigenvalue weighted by Crippen LogP contribution is -1.86. The fourth-order valence-electron chi connectivity index (χ4n) is 0.521. The molecule has 1 aromatic rings. The lowest BCUT2D eigenvalue weighted by molar-refractivity contribution is 0.214. The highest BCUT2D eigenvalue weighted by molar-refractivity contribution is 9.18. The zero-order valence-electron chi connectivity index (χ0n) is 5.37. The Hall–Kier alpha value is -0.770. The molecular weight excluding hydrogens is 198 g/mol. The van der Waals surface area contributed by atoms with E-state index in [9.17, 15) is 0 Å². The van der Waals surface area contributed by atoms with E-state index in [-0.39, 0.29) is 0 Å². The Kier molecular flexibility index (Phi) is 2.50. The fourth-order valence-corrected chi connectivity index (χ4v) is 0.891. The number of nitrogens with zero attached hydrogens (tertiary/aromatic N) is 1. The summed E-state index contributed by atoms with van der Waals surface area (Å²) in [5.41, 5.74) is 0. The Labute approximate surface area is 66.8 Å². The van der Waals surface area contributed by atoms with E-state index in [2.05, 4.69) is 25.9 Å². The third kappa shape index (κ3) is 1.60. The number of halogens is 1. The molecule has 0 aliphatic heterocycles. The zero-order valence-corrected chi connectivity index (χ0v) is 6.96. The molecule has 54 valence electrons. The second-order valence-electron chi connectivity index (χ2n) is 1.54. The van der Waals surface area contributed by atoms with Crippen LogP contribution in [0.5, 0.6) is 0 Å². The first kappa shape index (κ1) is 7.34. The highest BCUT2D eigenvalue weighted by Crippen LogP contribution is 2.07. The molecule has 1 rings (SSSR count). The monoisotopic (exact) mass is 203 g/mol. The minimum Gasteiger partial charge on any atom is -0.462 e. The molecule has 10 heavy (non-hydrogen) atoms. The molecular formula is C6H6BrNO2. The summed E-state index contributed by atoms with van der Waals surface area (Å²) in [7, 11) is 1.48. The van der Waals surface area contributed by atoms with Gasteiger partial charge in [0.1, 0.15) is 7.11 Å². The van der Waals surface area contributed by atoms with E-state index < -0.39 is 0 Å². The van der Waals surface area contributed by atoms with Crippen molar-refractivity contribution in [1.82, 2.24) is 0 Å². The van der Waals surface area contributed by atoms with Gasteiger partial charge in [-0.25, -0.2) is 0 Å². The minimum absolute atomic E-state index is 0.556. The van der Waals surface area contributed by atoms with E-state index in [0.29, 0.717) is 10.4 Å². The first-order valence-corrected chi connectivity index (χ1v) is 3.44. The lowest BCUT2D eigenvalue weighted by atomic mass is 10.5. The molecule has 0 unspecified atom stereocenters. The van der Waals surface area contributed by atoms with Gasteiger partial charge in [-0.05, 0) is 28.1 Å². The summed E-state index contributed by atoms with van der Waals surface area (Å²) in [5, 5.41) is 3.61. The number of hydrogen-bond acceptors (Lipinski definition) is 3. The van der Waals surface area contributed by atoms with Crippen LogP contribution < -0.4 is 0 Å². The van der Waals surface area contributed by atoms with Crippen molar-refractivity contribution < 1.29 is 9.25 Å². The summed E-state index contributed by atoms with van der Waals surface area (Å²) in [4.78, 5) is 4.51. The maximum absolute atomic E-state index is 4.99. The maximum Gasteiger partial charge on any atom is 0.187 e. The van der Waals surface area contributed by atoms with Crippen molar-refractivity contribution in [3.8, 4) is 0 Å². The minimum atomic E-state index is 0.556. The maximum atomic E-state index is 4.99. The Balaban J connectivity index is 2.77. The Morgan fingerprint density at radius 3 is 3.10 bits per heavy atom. The molecule has 1 heterocycles. The Morgan fingerprint density at radius 1 is 1.80 bits per heavy atom. The summed E-state index contributed by atoms with van der Waals surface area (Å²) >= 11 is 3.16. The number of rotatable bonds is 2. The summed E-state index contributed by atoms with van der Waals surface area (Å²) in [6, 6.07) is 3.56. The molecule has 0 radical (unpaired) electrons. The summed E-state index contributed by atoms with van der Waals surface area (Å²) in [6.07, 6.45) is 1.57. The molecule has 0 saturated carbocycles. The average Bonchev–Trinajstić information content (AvgIpc) is 2.38. The molecule has 0 aromatic carbocycles. The summed E-state index contributed by atoms with van der Waals surface area (Å²) < 4.78 is 5.55. The van der Waals surface area contributed by atoms with E-state index in [1.165, 1.54) is 7.11 Å².